The van der Waals surface area contributed by atoms with Gasteiger partial charge in [-0.3, -0.25) is 4.79 Å². The summed E-state index contributed by atoms with van der Waals surface area (Å²) >= 11 is 6.50. The first kappa shape index (κ1) is 22.0. The second kappa shape index (κ2) is 9.89. The van der Waals surface area contributed by atoms with E-state index in [0.29, 0.717) is 17.0 Å². The summed E-state index contributed by atoms with van der Waals surface area (Å²) in [6, 6.07) is 0.0465. The number of carbonyl (C=O) groups is 2. The molecule has 3 rings (SSSR count). The average Bonchev–Trinajstić information content (AvgIpc) is 3.10. The number of nitrogens with one attached hydrogen (secondary N) is 3. The molecular weight excluding hydrogens is 394 g/mol. The van der Waals surface area contributed by atoms with Gasteiger partial charge in [0.15, 0.2) is 0 Å². The first-order chi connectivity index (χ1) is 13.9. The Hall–Kier alpha value is -1.67. The molecule has 4 atom stereocenters. The lowest BCUT2D eigenvalue weighted by Gasteiger charge is -2.32. The Morgan fingerprint density at radius 1 is 1.21 bits per heavy atom. The van der Waals surface area contributed by atoms with Crippen LogP contribution in [0.3, 0.4) is 0 Å². The number of carbonyl (C=O) groups excluding carboxylic acids is 2. The van der Waals surface area contributed by atoms with Gasteiger partial charge in [-0.2, -0.15) is 0 Å². The monoisotopic (exact) mass is 427 g/mol. The molecule has 1 heterocycles. The number of amides is 2. The Labute approximate surface area is 177 Å². The van der Waals surface area contributed by atoms with Crippen LogP contribution in [0.1, 0.15) is 57.8 Å². The lowest BCUT2D eigenvalue weighted by atomic mass is 9.78. The van der Waals surface area contributed by atoms with E-state index in [1.807, 2.05) is 0 Å². The van der Waals surface area contributed by atoms with Crippen molar-refractivity contribution >= 4 is 23.6 Å². The Bertz CT molecular complexity index is 636. The Morgan fingerprint density at radius 3 is 2.59 bits per heavy atom. The molecule has 0 radical (unpaired) electrons. The fourth-order valence-corrected chi connectivity index (χ4v) is 5.36. The van der Waals surface area contributed by atoms with Crippen molar-refractivity contribution in [2.75, 3.05) is 7.11 Å². The van der Waals surface area contributed by atoms with E-state index >= 15 is 0 Å². The van der Waals surface area contributed by atoms with E-state index in [0.717, 1.165) is 63.5 Å². The zero-order valence-corrected chi connectivity index (χ0v) is 17.8. The highest BCUT2D eigenvalue weighted by Gasteiger charge is 2.35. The molecule has 1 aliphatic heterocycles. The van der Waals surface area contributed by atoms with E-state index in [1.54, 1.807) is 0 Å². The van der Waals surface area contributed by atoms with Crippen molar-refractivity contribution < 1.29 is 14.3 Å². The fourth-order valence-electron chi connectivity index (χ4n) is 5.03. The van der Waals surface area contributed by atoms with Crippen molar-refractivity contribution in [2.45, 2.75) is 76.0 Å². The van der Waals surface area contributed by atoms with E-state index in [-0.39, 0.29) is 36.2 Å². The molecule has 0 aromatic heterocycles. The Balaban J connectivity index is 1.47. The van der Waals surface area contributed by atoms with Gasteiger partial charge >= 0.3 is 6.09 Å². The van der Waals surface area contributed by atoms with Gasteiger partial charge in [0, 0.05) is 23.9 Å². The molecule has 9 heteroatoms. The van der Waals surface area contributed by atoms with Gasteiger partial charge in [0.05, 0.1) is 12.8 Å². The molecule has 2 fully saturated rings. The van der Waals surface area contributed by atoms with E-state index in [4.69, 9.17) is 23.1 Å². The SMILES string of the molecule is COC(=O)NC1CCC(C2=C(Cl)NC([C@@H](N)CC3CCCC(C(N)=O)C3)N2)CC1. The van der Waals surface area contributed by atoms with Crippen molar-refractivity contribution in [3.05, 3.63) is 10.9 Å². The Kier molecular flexibility index (Phi) is 7.51. The molecule has 0 aromatic rings. The van der Waals surface area contributed by atoms with Crippen molar-refractivity contribution in [1.29, 1.82) is 0 Å². The number of alkyl carbamates (subject to hydrolysis) is 1. The largest absolute Gasteiger partial charge is 0.453 e. The number of ether oxygens (including phenoxy) is 1. The molecule has 2 saturated carbocycles. The number of hydrogen-bond donors (Lipinski definition) is 5. The molecule has 29 heavy (non-hydrogen) atoms. The summed E-state index contributed by atoms with van der Waals surface area (Å²) in [5.74, 6) is 0.542. The number of methoxy groups -OCH3 is 1. The van der Waals surface area contributed by atoms with Crippen LogP contribution in [0.2, 0.25) is 0 Å². The minimum Gasteiger partial charge on any atom is -0.453 e. The minimum atomic E-state index is -0.376. The van der Waals surface area contributed by atoms with Crippen LogP contribution in [0.15, 0.2) is 10.9 Å². The first-order valence-corrected chi connectivity index (χ1v) is 11.1. The lowest BCUT2D eigenvalue weighted by Crippen LogP contribution is -2.50. The number of rotatable bonds is 6. The maximum Gasteiger partial charge on any atom is 0.407 e. The molecular formula is C20H34ClN5O3. The van der Waals surface area contributed by atoms with Crippen LogP contribution in [-0.2, 0) is 9.53 Å². The second-order valence-electron chi connectivity index (χ2n) is 8.71. The molecule has 3 unspecified atom stereocenters. The average molecular weight is 428 g/mol. The van der Waals surface area contributed by atoms with Crippen molar-refractivity contribution in [3.63, 3.8) is 0 Å². The third kappa shape index (κ3) is 5.69. The van der Waals surface area contributed by atoms with Crippen LogP contribution in [0.4, 0.5) is 4.79 Å². The van der Waals surface area contributed by atoms with Gasteiger partial charge in [-0.25, -0.2) is 4.79 Å². The van der Waals surface area contributed by atoms with Crippen LogP contribution in [0.25, 0.3) is 0 Å². The number of primary amides is 1. The molecule has 0 spiro atoms. The zero-order chi connectivity index (χ0) is 21.0. The van der Waals surface area contributed by atoms with Gasteiger partial charge in [0.1, 0.15) is 11.3 Å². The third-order valence-corrected chi connectivity index (χ3v) is 7.00. The van der Waals surface area contributed by atoms with E-state index < -0.39 is 0 Å². The summed E-state index contributed by atoms with van der Waals surface area (Å²) in [4.78, 5) is 22.9. The number of allylic oxidation sites excluding steroid dienone is 1. The highest BCUT2D eigenvalue weighted by Crippen LogP contribution is 2.35. The van der Waals surface area contributed by atoms with Crippen molar-refractivity contribution in [1.82, 2.24) is 16.0 Å². The summed E-state index contributed by atoms with van der Waals surface area (Å²) in [5, 5.41) is 10.3. The van der Waals surface area contributed by atoms with Crippen LogP contribution in [0.5, 0.6) is 0 Å². The minimum absolute atomic E-state index is 0.0171. The van der Waals surface area contributed by atoms with Gasteiger partial charge < -0.3 is 32.2 Å². The van der Waals surface area contributed by atoms with Crippen LogP contribution in [0, 0.1) is 17.8 Å². The number of hydrogen-bond acceptors (Lipinski definition) is 6. The standard InChI is InChI=1S/C20H34ClN5O3/c1-29-20(28)24-14-7-5-12(6-8-14)16-17(21)26-19(25-16)15(22)10-11-3-2-4-13(9-11)18(23)27/h11-15,19,25-26H,2-10,22H2,1H3,(H2,23,27)(H,24,28)/t11?,12?,13?,14?,15-,19?/m0/s1. The fraction of sp³-hybridized carbons (Fsp3) is 0.800. The molecule has 2 aliphatic carbocycles. The maximum absolute atomic E-state index is 11.5. The van der Waals surface area contributed by atoms with Gasteiger partial charge in [-0.15, -0.1) is 0 Å². The highest BCUT2D eigenvalue weighted by molar-refractivity contribution is 6.29. The molecule has 0 aromatic carbocycles. The summed E-state index contributed by atoms with van der Waals surface area (Å²) < 4.78 is 4.68. The topological polar surface area (TPSA) is 132 Å². The first-order valence-electron chi connectivity index (χ1n) is 10.7. The van der Waals surface area contributed by atoms with Crippen LogP contribution in [-0.4, -0.2) is 37.4 Å². The molecule has 3 aliphatic rings. The molecule has 2 amide bonds. The van der Waals surface area contributed by atoms with Gasteiger partial charge in [-0.1, -0.05) is 24.4 Å². The highest BCUT2D eigenvalue weighted by atomic mass is 35.5. The summed E-state index contributed by atoms with van der Waals surface area (Å²) in [6.07, 6.45) is 7.88. The predicted molar refractivity (Wildman–Crippen MR) is 111 cm³/mol. The van der Waals surface area contributed by atoms with Gasteiger partial charge in [0.25, 0.3) is 0 Å². The predicted octanol–water partition coefficient (Wildman–Crippen LogP) is 1.84. The number of halogens is 1. The molecule has 0 bridgehead atoms. The molecule has 164 valence electrons. The maximum atomic E-state index is 11.5. The summed E-state index contributed by atoms with van der Waals surface area (Å²) in [6.45, 7) is 0. The quantitative estimate of drug-likeness (QED) is 0.411. The van der Waals surface area contributed by atoms with Crippen LogP contribution >= 0.6 is 11.6 Å². The van der Waals surface area contributed by atoms with E-state index in [1.165, 1.54) is 7.11 Å². The molecule has 8 nitrogen and oxygen atoms in total. The third-order valence-electron chi connectivity index (χ3n) is 6.69. The van der Waals surface area contributed by atoms with Gasteiger partial charge in [-0.05, 0) is 50.9 Å². The zero-order valence-electron chi connectivity index (χ0n) is 17.1. The van der Waals surface area contributed by atoms with Crippen LogP contribution < -0.4 is 27.4 Å². The van der Waals surface area contributed by atoms with E-state index in [2.05, 4.69) is 20.7 Å². The Morgan fingerprint density at radius 2 is 1.93 bits per heavy atom. The summed E-state index contributed by atoms with van der Waals surface area (Å²) in [7, 11) is 1.38. The number of nitrogens with two attached hydrogens (primary N) is 2. The molecule has 7 N–H and O–H groups in total. The van der Waals surface area contributed by atoms with Crippen molar-refractivity contribution in [3.8, 4) is 0 Å². The lowest BCUT2D eigenvalue weighted by molar-refractivity contribution is -0.123. The van der Waals surface area contributed by atoms with Crippen molar-refractivity contribution in [2.24, 2.45) is 29.2 Å². The summed E-state index contributed by atoms with van der Waals surface area (Å²) in [5.41, 5.74) is 13.0. The van der Waals surface area contributed by atoms with Gasteiger partial charge in [0.2, 0.25) is 5.91 Å². The smallest absolute Gasteiger partial charge is 0.407 e. The normalized spacial score (nSPS) is 33.4. The molecule has 0 saturated heterocycles. The van der Waals surface area contributed by atoms with E-state index in [9.17, 15) is 9.59 Å². The second-order valence-corrected chi connectivity index (χ2v) is 9.09.